The van der Waals surface area contributed by atoms with Crippen molar-refractivity contribution in [2.24, 2.45) is 0 Å². The number of hydrogen-bond acceptors (Lipinski definition) is 5. The van der Waals surface area contributed by atoms with Crippen LogP contribution in [0.5, 0.6) is 5.75 Å². The Kier molecular flexibility index (Phi) is 4.65. The van der Waals surface area contributed by atoms with E-state index in [-0.39, 0.29) is 11.5 Å². The number of aromatic nitrogens is 3. The van der Waals surface area contributed by atoms with Crippen molar-refractivity contribution in [3.63, 3.8) is 0 Å². The molecule has 2 aromatic carbocycles. The Morgan fingerprint density at radius 1 is 1.16 bits per heavy atom. The monoisotopic (exact) mass is 337 g/mol. The molecule has 0 bridgehead atoms. The van der Waals surface area contributed by atoms with Gasteiger partial charge >= 0.3 is 0 Å². The van der Waals surface area contributed by atoms with Crippen LogP contribution in [-0.4, -0.2) is 27.5 Å². The Bertz CT molecular complexity index is 869. The molecule has 0 saturated heterocycles. The quantitative estimate of drug-likeness (QED) is 0.746. The minimum Gasteiger partial charge on any atom is -0.494 e. The molecule has 0 spiro atoms. The highest BCUT2D eigenvalue weighted by Gasteiger charge is 2.18. The van der Waals surface area contributed by atoms with Gasteiger partial charge in [0, 0.05) is 5.69 Å². The van der Waals surface area contributed by atoms with Gasteiger partial charge in [-0.15, -0.1) is 5.10 Å². The molecule has 0 aliphatic rings. The molecule has 1 aromatic heterocycles. The zero-order valence-electron chi connectivity index (χ0n) is 14.1. The summed E-state index contributed by atoms with van der Waals surface area (Å²) in [6.07, 6.45) is 0. The van der Waals surface area contributed by atoms with E-state index in [9.17, 15) is 4.79 Å². The van der Waals surface area contributed by atoms with E-state index in [1.54, 1.807) is 12.1 Å². The van der Waals surface area contributed by atoms with Crippen LogP contribution in [0.2, 0.25) is 0 Å². The SMILES string of the molecule is CCOc1ccc(-n2nnc(C(=O)Nc3ccc(C)cc3)c2N)cc1. The van der Waals surface area contributed by atoms with E-state index in [0.29, 0.717) is 18.0 Å². The third-order valence-corrected chi connectivity index (χ3v) is 3.62. The topological polar surface area (TPSA) is 95.1 Å². The van der Waals surface area contributed by atoms with Crippen LogP contribution in [0.1, 0.15) is 23.0 Å². The largest absolute Gasteiger partial charge is 0.494 e. The van der Waals surface area contributed by atoms with Crippen molar-refractivity contribution >= 4 is 17.4 Å². The summed E-state index contributed by atoms with van der Waals surface area (Å²) in [5, 5.41) is 10.6. The highest BCUT2D eigenvalue weighted by molar-refractivity contribution is 6.05. The summed E-state index contributed by atoms with van der Waals surface area (Å²) >= 11 is 0. The number of anilines is 2. The van der Waals surface area contributed by atoms with Crippen molar-refractivity contribution in [2.45, 2.75) is 13.8 Å². The molecule has 7 heteroatoms. The zero-order chi connectivity index (χ0) is 17.8. The summed E-state index contributed by atoms with van der Waals surface area (Å²) in [5.74, 6) is 0.523. The summed E-state index contributed by atoms with van der Waals surface area (Å²) < 4.78 is 6.82. The zero-order valence-corrected chi connectivity index (χ0v) is 14.1. The molecule has 25 heavy (non-hydrogen) atoms. The maximum absolute atomic E-state index is 12.4. The number of rotatable bonds is 5. The van der Waals surface area contributed by atoms with Gasteiger partial charge in [0.2, 0.25) is 0 Å². The Balaban J connectivity index is 1.80. The summed E-state index contributed by atoms with van der Waals surface area (Å²) in [6.45, 7) is 4.49. The number of nitrogen functional groups attached to an aromatic ring is 1. The average molecular weight is 337 g/mol. The molecule has 1 heterocycles. The van der Waals surface area contributed by atoms with Gasteiger partial charge in [-0.3, -0.25) is 4.79 Å². The van der Waals surface area contributed by atoms with E-state index in [0.717, 1.165) is 11.3 Å². The van der Waals surface area contributed by atoms with Gasteiger partial charge in [0.1, 0.15) is 5.75 Å². The molecule has 0 radical (unpaired) electrons. The number of benzene rings is 2. The molecular formula is C18H19N5O2. The fourth-order valence-corrected chi connectivity index (χ4v) is 2.32. The Morgan fingerprint density at radius 2 is 1.84 bits per heavy atom. The summed E-state index contributed by atoms with van der Waals surface area (Å²) in [5.41, 5.74) is 8.61. The van der Waals surface area contributed by atoms with Crippen molar-refractivity contribution in [3.05, 3.63) is 59.8 Å². The highest BCUT2D eigenvalue weighted by atomic mass is 16.5. The summed E-state index contributed by atoms with van der Waals surface area (Å²) in [4.78, 5) is 12.4. The number of nitrogens with one attached hydrogen (secondary N) is 1. The first-order valence-electron chi connectivity index (χ1n) is 7.91. The van der Waals surface area contributed by atoms with Crippen LogP contribution in [0.4, 0.5) is 11.5 Å². The third kappa shape index (κ3) is 3.60. The number of ether oxygens (including phenoxy) is 1. The van der Waals surface area contributed by atoms with Gasteiger partial charge in [0.25, 0.3) is 5.91 Å². The van der Waals surface area contributed by atoms with Gasteiger partial charge < -0.3 is 15.8 Å². The molecule has 0 fully saturated rings. The third-order valence-electron chi connectivity index (χ3n) is 3.62. The molecule has 0 saturated carbocycles. The van der Waals surface area contributed by atoms with Gasteiger partial charge in [0.15, 0.2) is 11.5 Å². The van der Waals surface area contributed by atoms with E-state index >= 15 is 0 Å². The average Bonchev–Trinajstić information content (AvgIpc) is 2.99. The normalized spacial score (nSPS) is 10.5. The second-order valence-corrected chi connectivity index (χ2v) is 5.48. The lowest BCUT2D eigenvalue weighted by Gasteiger charge is -2.06. The van der Waals surface area contributed by atoms with Gasteiger partial charge in [-0.2, -0.15) is 4.68 Å². The molecule has 3 N–H and O–H groups in total. The number of amides is 1. The number of nitrogens with two attached hydrogens (primary N) is 1. The van der Waals surface area contributed by atoms with Crippen molar-refractivity contribution in [1.29, 1.82) is 0 Å². The van der Waals surface area contributed by atoms with Crippen LogP contribution in [0.15, 0.2) is 48.5 Å². The second kappa shape index (κ2) is 7.04. The van der Waals surface area contributed by atoms with E-state index < -0.39 is 5.91 Å². The van der Waals surface area contributed by atoms with Crippen LogP contribution in [-0.2, 0) is 0 Å². The lowest BCUT2D eigenvalue weighted by molar-refractivity contribution is 0.102. The van der Waals surface area contributed by atoms with Crippen LogP contribution < -0.4 is 15.8 Å². The first-order chi connectivity index (χ1) is 12.1. The number of carbonyl (C=O) groups excluding carboxylic acids is 1. The van der Waals surface area contributed by atoms with Crippen molar-refractivity contribution in [3.8, 4) is 11.4 Å². The fraction of sp³-hybridized carbons (Fsp3) is 0.167. The maximum Gasteiger partial charge on any atom is 0.280 e. The Hall–Kier alpha value is -3.35. The highest BCUT2D eigenvalue weighted by Crippen LogP contribution is 2.19. The smallest absolute Gasteiger partial charge is 0.280 e. The van der Waals surface area contributed by atoms with E-state index in [2.05, 4.69) is 15.6 Å². The number of hydrogen-bond donors (Lipinski definition) is 2. The molecule has 0 atom stereocenters. The molecule has 128 valence electrons. The molecule has 7 nitrogen and oxygen atoms in total. The van der Waals surface area contributed by atoms with Crippen LogP contribution in [0, 0.1) is 6.92 Å². The van der Waals surface area contributed by atoms with E-state index in [4.69, 9.17) is 10.5 Å². The maximum atomic E-state index is 12.4. The van der Waals surface area contributed by atoms with Crippen molar-refractivity contribution in [1.82, 2.24) is 15.0 Å². The first-order valence-corrected chi connectivity index (χ1v) is 7.91. The molecule has 1 amide bonds. The second-order valence-electron chi connectivity index (χ2n) is 5.48. The van der Waals surface area contributed by atoms with Crippen LogP contribution in [0.25, 0.3) is 5.69 Å². The van der Waals surface area contributed by atoms with E-state index in [1.165, 1.54) is 4.68 Å². The number of carbonyl (C=O) groups is 1. The summed E-state index contributed by atoms with van der Waals surface area (Å²) in [7, 11) is 0. The van der Waals surface area contributed by atoms with Gasteiger partial charge in [0.05, 0.1) is 12.3 Å². The lowest BCUT2D eigenvalue weighted by Crippen LogP contribution is -2.15. The van der Waals surface area contributed by atoms with Gasteiger partial charge in [-0.1, -0.05) is 22.9 Å². The Labute approximate surface area is 145 Å². The molecule has 3 rings (SSSR count). The predicted molar refractivity (Wildman–Crippen MR) is 96.1 cm³/mol. The summed E-state index contributed by atoms with van der Waals surface area (Å²) in [6, 6.07) is 14.7. The van der Waals surface area contributed by atoms with Gasteiger partial charge in [-0.25, -0.2) is 0 Å². The minimum absolute atomic E-state index is 0.0782. The molecule has 0 unspecified atom stereocenters. The van der Waals surface area contributed by atoms with E-state index in [1.807, 2.05) is 50.2 Å². The van der Waals surface area contributed by atoms with Gasteiger partial charge in [-0.05, 0) is 50.2 Å². The van der Waals surface area contributed by atoms with Crippen LogP contribution >= 0.6 is 0 Å². The molecule has 0 aliphatic carbocycles. The van der Waals surface area contributed by atoms with Crippen molar-refractivity contribution < 1.29 is 9.53 Å². The fourth-order valence-electron chi connectivity index (χ4n) is 2.32. The first kappa shape index (κ1) is 16.5. The van der Waals surface area contributed by atoms with Crippen LogP contribution in [0.3, 0.4) is 0 Å². The molecular weight excluding hydrogens is 318 g/mol. The van der Waals surface area contributed by atoms with Crippen molar-refractivity contribution in [2.75, 3.05) is 17.7 Å². The lowest BCUT2D eigenvalue weighted by atomic mass is 10.2. The molecule has 0 aliphatic heterocycles. The predicted octanol–water partition coefficient (Wildman–Crippen LogP) is 2.81. The number of aryl methyl sites for hydroxylation is 1. The standard InChI is InChI=1S/C18H19N5O2/c1-3-25-15-10-8-14(9-11-15)23-17(19)16(21-22-23)18(24)20-13-6-4-12(2)5-7-13/h4-11H,3,19H2,1-2H3,(H,20,24). The number of nitrogens with zero attached hydrogens (tertiary/aromatic N) is 3. The Morgan fingerprint density at radius 3 is 2.48 bits per heavy atom. The molecule has 3 aromatic rings. The minimum atomic E-state index is -0.404.